The van der Waals surface area contributed by atoms with E-state index in [1.165, 1.54) is 6.08 Å². The molecule has 0 saturated carbocycles. The van der Waals surface area contributed by atoms with Gasteiger partial charge in [-0.3, -0.25) is 14.5 Å². The van der Waals surface area contributed by atoms with E-state index in [9.17, 15) is 9.59 Å². The van der Waals surface area contributed by atoms with Crippen LogP contribution in [0.3, 0.4) is 0 Å². The SMILES string of the molecule is CCc1cc(Br)cc(C)c1NC1=CC(=O)N(CCO)C1=O. The van der Waals surface area contributed by atoms with Gasteiger partial charge in [0, 0.05) is 16.2 Å². The molecule has 0 saturated heterocycles. The Morgan fingerprint density at radius 3 is 2.67 bits per heavy atom. The summed E-state index contributed by atoms with van der Waals surface area (Å²) in [6.07, 6.45) is 2.08. The summed E-state index contributed by atoms with van der Waals surface area (Å²) in [5, 5.41) is 12.0. The van der Waals surface area contributed by atoms with E-state index in [4.69, 9.17) is 5.11 Å². The van der Waals surface area contributed by atoms with E-state index in [-0.39, 0.29) is 18.8 Å². The van der Waals surface area contributed by atoms with E-state index in [1.54, 1.807) is 0 Å². The van der Waals surface area contributed by atoms with Crippen molar-refractivity contribution in [3.63, 3.8) is 0 Å². The van der Waals surface area contributed by atoms with Crippen LogP contribution in [-0.4, -0.2) is 35.0 Å². The largest absolute Gasteiger partial charge is 0.395 e. The van der Waals surface area contributed by atoms with Gasteiger partial charge < -0.3 is 10.4 Å². The molecule has 1 aliphatic rings. The molecule has 2 N–H and O–H groups in total. The third kappa shape index (κ3) is 3.16. The summed E-state index contributed by atoms with van der Waals surface area (Å²) >= 11 is 3.45. The number of nitrogens with one attached hydrogen (secondary N) is 1. The van der Waals surface area contributed by atoms with Gasteiger partial charge in [-0.25, -0.2) is 0 Å². The lowest BCUT2D eigenvalue weighted by Crippen LogP contribution is -2.34. The lowest BCUT2D eigenvalue weighted by Gasteiger charge is -2.17. The normalized spacial score (nSPS) is 14.7. The van der Waals surface area contributed by atoms with Crippen LogP contribution in [0.2, 0.25) is 0 Å². The fourth-order valence-corrected chi connectivity index (χ4v) is 2.93. The van der Waals surface area contributed by atoms with E-state index in [2.05, 4.69) is 21.2 Å². The molecule has 0 fully saturated rings. The summed E-state index contributed by atoms with van der Waals surface area (Å²) in [4.78, 5) is 24.9. The maximum Gasteiger partial charge on any atom is 0.277 e. The van der Waals surface area contributed by atoms with Crippen molar-refractivity contribution in [3.05, 3.63) is 39.5 Å². The molecule has 0 aromatic heterocycles. The Morgan fingerprint density at radius 1 is 1.33 bits per heavy atom. The second-order valence-electron chi connectivity index (χ2n) is 4.81. The molecule has 2 rings (SSSR count). The third-order valence-electron chi connectivity index (χ3n) is 3.36. The Hall–Kier alpha value is -1.66. The van der Waals surface area contributed by atoms with Crippen molar-refractivity contribution in [3.8, 4) is 0 Å². The first kappa shape index (κ1) is 15.7. The molecule has 21 heavy (non-hydrogen) atoms. The highest BCUT2D eigenvalue weighted by atomic mass is 79.9. The van der Waals surface area contributed by atoms with Gasteiger partial charge in [-0.2, -0.15) is 0 Å². The van der Waals surface area contributed by atoms with Crippen LogP contribution in [-0.2, 0) is 16.0 Å². The quantitative estimate of drug-likeness (QED) is 0.795. The monoisotopic (exact) mass is 352 g/mol. The van der Waals surface area contributed by atoms with Gasteiger partial charge in [0.05, 0.1) is 13.2 Å². The van der Waals surface area contributed by atoms with E-state index in [0.29, 0.717) is 0 Å². The standard InChI is InChI=1S/C15H17BrN2O3/c1-3-10-7-11(16)6-9(2)14(10)17-12-8-13(20)18(4-5-19)15(12)21/h6-8,17,19H,3-5H2,1-2H3. The summed E-state index contributed by atoms with van der Waals surface area (Å²) in [5.41, 5.74) is 3.14. The van der Waals surface area contributed by atoms with Crippen LogP contribution in [0.25, 0.3) is 0 Å². The number of benzene rings is 1. The molecule has 0 aliphatic carbocycles. The first-order chi connectivity index (χ1) is 9.97. The van der Waals surface area contributed by atoms with Gasteiger partial charge in [0.15, 0.2) is 0 Å². The number of halogens is 1. The summed E-state index contributed by atoms with van der Waals surface area (Å²) in [6, 6.07) is 3.94. The number of aryl methyl sites for hydroxylation is 2. The molecule has 1 aliphatic heterocycles. The molecule has 1 heterocycles. The highest BCUT2D eigenvalue weighted by molar-refractivity contribution is 9.10. The zero-order valence-corrected chi connectivity index (χ0v) is 13.5. The van der Waals surface area contributed by atoms with Crippen molar-refractivity contribution in [1.82, 2.24) is 4.90 Å². The number of carbonyl (C=O) groups excluding carboxylic acids is 2. The van der Waals surface area contributed by atoms with Gasteiger partial charge in [-0.1, -0.05) is 22.9 Å². The fourth-order valence-electron chi connectivity index (χ4n) is 2.31. The lowest BCUT2D eigenvalue weighted by atomic mass is 10.1. The number of anilines is 1. The number of imide groups is 1. The van der Waals surface area contributed by atoms with Crippen LogP contribution in [0.15, 0.2) is 28.4 Å². The molecule has 5 nitrogen and oxygen atoms in total. The van der Waals surface area contributed by atoms with Crippen molar-refractivity contribution in [2.45, 2.75) is 20.3 Å². The Labute approximate surface area is 131 Å². The maximum atomic E-state index is 12.1. The average Bonchev–Trinajstić information content (AvgIpc) is 2.69. The fraction of sp³-hybridized carbons (Fsp3) is 0.333. The Balaban J connectivity index is 2.29. The van der Waals surface area contributed by atoms with Gasteiger partial charge in [0.1, 0.15) is 5.70 Å². The van der Waals surface area contributed by atoms with Gasteiger partial charge >= 0.3 is 0 Å². The van der Waals surface area contributed by atoms with Crippen LogP contribution in [0.1, 0.15) is 18.1 Å². The molecule has 1 aromatic carbocycles. The summed E-state index contributed by atoms with van der Waals surface area (Å²) < 4.78 is 0.979. The van der Waals surface area contributed by atoms with Crippen LogP contribution < -0.4 is 5.32 Å². The number of aliphatic hydroxyl groups excluding tert-OH is 1. The molecular formula is C15H17BrN2O3. The third-order valence-corrected chi connectivity index (χ3v) is 3.81. The predicted octanol–water partition coefficient (Wildman–Crippen LogP) is 1.98. The Bertz CT molecular complexity index is 626. The first-order valence-electron chi connectivity index (χ1n) is 6.72. The van der Waals surface area contributed by atoms with Crippen LogP contribution in [0.4, 0.5) is 5.69 Å². The highest BCUT2D eigenvalue weighted by Gasteiger charge is 2.31. The number of β-amino-alcohol motifs (C(OH)–C–C–N with tert-alkyl or cyclic N) is 1. The van der Waals surface area contributed by atoms with Gasteiger partial charge in [-0.15, -0.1) is 0 Å². The number of hydrogen-bond acceptors (Lipinski definition) is 4. The molecule has 6 heteroatoms. The molecule has 2 amide bonds. The van der Waals surface area contributed by atoms with E-state index < -0.39 is 11.8 Å². The van der Waals surface area contributed by atoms with Gasteiger partial charge in [-0.05, 0) is 36.6 Å². The van der Waals surface area contributed by atoms with Crippen LogP contribution in [0.5, 0.6) is 0 Å². The van der Waals surface area contributed by atoms with Crippen molar-refractivity contribution >= 4 is 33.4 Å². The number of amides is 2. The molecule has 0 spiro atoms. The van der Waals surface area contributed by atoms with Crippen LogP contribution >= 0.6 is 15.9 Å². The summed E-state index contributed by atoms with van der Waals surface area (Å²) in [7, 11) is 0. The molecule has 112 valence electrons. The zero-order valence-electron chi connectivity index (χ0n) is 11.9. The van der Waals surface area contributed by atoms with E-state index in [1.807, 2.05) is 26.0 Å². The molecular weight excluding hydrogens is 336 g/mol. The number of carbonyl (C=O) groups is 2. The molecule has 0 radical (unpaired) electrons. The maximum absolute atomic E-state index is 12.1. The van der Waals surface area contributed by atoms with Crippen LogP contribution in [0, 0.1) is 6.92 Å². The number of hydrogen-bond donors (Lipinski definition) is 2. The van der Waals surface area contributed by atoms with Crippen molar-refractivity contribution in [2.75, 3.05) is 18.5 Å². The minimum atomic E-state index is -0.404. The minimum Gasteiger partial charge on any atom is -0.395 e. The molecule has 1 aromatic rings. The molecule has 0 atom stereocenters. The second kappa shape index (κ2) is 6.41. The van der Waals surface area contributed by atoms with Crippen molar-refractivity contribution in [1.29, 1.82) is 0 Å². The van der Waals surface area contributed by atoms with E-state index >= 15 is 0 Å². The lowest BCUT2D eigenvalue weighted by molar-refractivity contribution is -0.137. The summed E-state index contributed by atoms with van der Waals surface area (Å²) in [5.74, 6) is -0.803. The number of nitrogens with zero attached hydrogens (tertiary/aromatic N) is 1. The number of rotatable bonds is 5. The minimum absolute atomic E-state index is 0.0132. The van der Waals surface area contributed by atoms with Crippen molar-refractivity contribution in [2.24, 2.45) is 0 Å². The van der Waals surface area contributed by atoms with Gasteiger partial charge in [0.25, 0.3) is 11.8 Å². The smallest absolute Gasteiger partial charge is 0.277 e. The second-order valence-corrected chi connectivity index (χ2v) is 5.73. The Morgan fingerprint density at radius 2 is 2.05 bits per heavy atom. The topological polar surface area (TPSA) is 69.6 Å². The van der Waals surface area contributed by atoms with Gasteiger partial charge in [0.2, 0.25) is 0 Å². The molecule has 0 bridgehead atoms. The predicted molar refractivity (Wildman–Crippen MR) is 83.8 cm³/mol. The van der Waals surface area contributed by atoms with Crippen molar-refractivity contribution < 1.29 is 14.7 Å². The highest BCUT2D eigenvalue weighted by Crippen LogP contribution is 2.28. The number of aliphatic hydroxyl groups is 1. The molecule has 0 unspecified atom stereocenters. The average molecular weight is 353 g/mol. The Kier molecular flexibility index (Phi) is 4.80. The summed E-state index contributed by atoms with van der Waals surface area (Å²) in [6.45, 7) is 3.75. The first-order valence-corrected chi connectivity index (χ1v) is 7.51. The van der Waals surface area contributed by atoms with E-state index in [0.717, 1.165) is 32.6 Å². The zero-order chi connectivity index (χ0) is 15.6.